The van der Waals surface area contributed by atoms with Crippen molar-refractivity contribution in [2.24, 2.45) is 0 Å². The van der Waals surface area contributed by atoms with E-state index in [9.17, 15) is 4.79 Å². The maximum absolute atomic E-state index is 11.9. The van der Waals surface area contributed by atoms with Crippen molar-refractivity contribution in [1.29, 1.82) is 0 Å². The predicted octanol–water partition coefficient (Wildman–Crippen LogP) is 2.69. The lowest BCUT2D eigenvalue weighted by molar-refractivity contribution is 0.0947. The van der Waals surface area contributed by atoms with E-state index in [2.05, 4.69) is 29.0 Å². The molecule has 0 unspecified atom stereocenters. The van der Waals surface area contributed by atoms with E-state index in [1.165, 1.54) is 0 Å². The van der Waals surface area contributed by atoms with Gasteiger partial charge >= 0.3 is 0 Å². The van der Waals surface area contributed by atoms with E-state index in [-0.39, 0.29) is 5.91 Å². The lowest BCUT2D eigenvalue weighted by Crippen LogP contribution is -2.30. The zero-order valence-electron chi connectivity index (χ0n) is 11.5. The fourth-order valence-corrected chi connectivity index (χ4v) is 2.89. The molecule has 0 aliphatic heterocycles. The van der Waals surface area contributed by atoms with Gasteiger partial charge in [0.25, 0.3) is 5.91 Å². The normalized spacial score (nSPS) is 11.3. The highest BCUT2D eigenvalue weighted by molar-refractivity contribution is 7.17. The molecule has 0 atom stereocenters. The lowest BCUT2D eigenvalue weighted by Gasteiger charge is -2.17. The Morgan fingerprint density at radius 3 is 2.89 bits per heavy atom. The van der Waals surface area contributed by atoms with Crippen LogP contribution in [-0.2, 0) is 0 Å². The maximum atomic E-state index is 11.9. The second-order valence-electron chi connectivity index (χ2n) is 4.52. The number of nitrogens with zero attached hydrogens (tertiary/aromatic N) is 1. The average Bonchev–Trinajstić information content (AvgIpc) is 2.99. The van der Waals surface area contributed by atoms with E-state index < -0.39 is 0 Å². The van der Waals surface area contributed by atoms with Gasteiger partial charge in [0.05, 0.1) is 10.2 Å². The van der Waals surface area contributed by atoms with Gasteiger partial charge in [-0.3, -0.25) is 4.79 Å². The number of H-pyrrole nitrogens is 1. The van der Waals surface area contributed by atoms with Crippen LogP contribution in [0.4, 0.5) is 0 Å². The summed E-state index contributed by atoms with van der Waals surface area (Å²) in [4.78, 5) is 17.4. The van der Waals surface area contributed by atoms with E-state index >= 15 is 0 Å². The monoisotopic (exact) mass is 279 g/mol. The van der Waals surface area contributed by atoms with Gasteiger partial charge in [-0.2, -0.15) is 0 Å². The van der Waals surface area contributed by atoms with Crippen LogP contribution in [0.2, 0.25) is 0 Å². The Labute approximate surface area is 117 Å². The Kier molecular flexibility index (Phi) is 4.99. The molecule has 4 nitrogen and oxygen atoms in total. The number of aromatic amines is 1. The number of hydrogen-bond donors (Lipinski definition) is 2. The van der Waals surface area contributed by atoms with E-state index in [0.29, 0.717) is 5.69 Å². The lowest BCUT2D eigenvalue weighted by atomic mass is 10.3. The maximum Gasteiger partial charge on any atom is 0.267 e. The highest BCUT2D eigenvalue weighted by Gasteiger charge is 2.09. The molecule has 0 fully saturated rings. The molecule has 2 rings (SSSR count). The average molecular weight is 279 g/mol. The molecule has 2 aromatic rings. The van der Waals surface area contributed by atoms with Gasteiger partial charge in [0, 0.05) is 6.54 Å². The van der Waals surface area contributed by atoms with Crippen molar-refractivity contribution in [3.05, 3.63) is 23.2 Å². The summed E-state index contributed by atoms with van der Waals surface area (Å²) < 4.78 is 1.13. The summed E-state index contributed by atoms with van der Waals surface area (Å²) >= 11 is 1.65. The Morgan fingerprint density at radius 2 is 2.21 bits per heavy atom. The largest absolute Gasteiger partial charge is 0.351 e. The van der Waals surface area contributed by atoms with Crippen molar-refractivity contribution in [1.82, 2.24) is 15.2 Å². The van der Waals surface area contributed by atoms with E-state index in [4.69, 9.17) is 0 Å². The highest BCUT2D eigenvalue weighted by Crippen LogP contribution is 2.21. The van der Waals surface area contributed by atoms with E-state index in [1.54, 1.807) is 11.3 Å². The minimum atomic E-state index is -0.0112. The molecule has 0 spiro atoms. The topological polar surface area (TPSA) is 48.1 Å². The first-order valence-corrected chi connectivity index (χ1v) is 7.69. The van der Waals surface area contributed by atoms with Gasteiger partial charge in [0.15, 0.2) is 0 Å². The fraction of sp³-hybridized carbons (Fsp3) is 0.500. The first kappa shape index (κ1) is 14.1. The molecule has 5 heteroatoms. The minimum absolute atomic E-state index is 0.0112. The number of hydrogen-bond acceptors (Lipinski definition) is 3. The molecule has 0 saturated heterocycles. The van der Waals surface area contributed by atoms with E-state index in [1.807, 2.05) is 17.5 Å². The smallest absolute Gasteiger partial charge is 0.267 e. The van der Waals surface area contributed by atoms with Gasteiger partial charge in [-0.15, -0.1) is 11.3 Å². The van der Waals surface area contributed by atoms with Gasteiger partial charge in [-0.05, 0) is 43.6 Å². The Bertz CT molecular complexity index is 499. The van der Waals surface area contributed by atoms with Crippen LogP contribution in [0.15, 0.2) is 17.5 Å². The van der Waals surface area contributed by atoms with Crippen LogP contribution < -0.4 is 5.32 Å². The summed E-state index contributed by atoms with van der Waals surface area (Å²) in [5.41, 5.74) is 1.70. The molecule has 19 heavy (non-hydrogen) atoms. The predicted molar refractivity (Wildman–Crippen MR) is 80.9 cm³/mol. The highest BCUT2D eigenvalue weighted by atomic mass is 32.1. The SMILES string of the molecule is CCN(CC)CCCNC(=O)c1cc2sccc2[nH]1. The van der Waals surface area contributed by atoms with Crippen molar-refractivity contribution in [2.45, 2.75) is 20.3 Å². The first-order valence-electron chi connectivity index (χ1n) is 6.81. The van der Waals surface area contributed by atoms with Crippen LogP contribution in [0.1, 0.15) is 30.8 Å². The van der Waals surface area contributed by atoms with Crippen LogP contribution in [0.3, 0.4) is 0 Å². The molecule has 0 saturated carbocycles. The molecule has 0 bridgehead atoms. The molecule has 0 radical (unpaired) electrons. The molecule has 0 aromatic carbocycles. The number of amides is 1. The first-order chi connectivity index (χ1) is 9.24. The van der Waals surface area contributed by atoms with Crippen molar-refractivity contribution in [3.63, 3.8) is 0 Å². The Balaban J connectivity index is 1.77. The van der Waals surface area contributed by atoms with Gasteiger partial charge < -0.3 is 15.2 Å². The van der Waals surface area contributed by atoms with Crippen LogP contribution in [0.25, 0.3) is 10.2 Å². The number of thiophene rings is 1. The van der Waals surface area contributed by atoms with Crippen molar-refractivity contribution >= 4 is 27.5 Å². The van der Waals surface area contributed by atoms with Gasteiger partial charge in [0.1, 0.15) is 5.69 Å². The number of fused-ring (bicyclic) bond motifs is 1. The van der Waals surface area contributed by atoms with E-state index in [0.717, 1.165) is 42.8 Å². The molecule has 0 aliphatic rings. The van der Waals surface area contributed by atoms with Gasteiger partial charge in [0.2, 0.25) is 0 Å². The molecule has 2 heterocycles. The third-order valence-electron chi connectivity index (χ3n) is 3.32. The third kappa shape index (κ3) is 3.58. The van der Waals surface area contributed by atoms with Crippen LogP contribution in [-0.4, -0.2) is 42.0 Å². The Morgan fingerprint density at radius 1 is 1.42 bits per heavy atom. The number of nitrogens with one attached hydrogen (secondary N) is 2. The summed E-state index contributed by atoms with van der Waals surface area (Å²) in [6, 6.07) is 3.91. The fourth-order valence-electron chi connectivity index (χ4n) is 2.11. The minimum Gasteiger partial charge on any atom is -0.351 e. The van der Waals surface area contributed by atoms with Crippen LogP contribution >= 0.6 is 11.3 Å². The summed E-state index contributed by atoms with van der Waals surface area (Å²) in [6.07, 6.45) is 0.989. The number of carbonyl (C=O) groups is 1. The summed E-state index contributed by atoms with van der Waals surface area (Å²) in [5.74, 6) is -0.0112. The second kappa shape index (κ2) is 6.73. The second-order valence-corrected chi connectivity index (χ2v) is 5.47. The molecule has 2 aromatic heterocycles. The molecule has 0 aliphatic carbocycles. The van der Waals surface area contributed by atoms with Gasteiger partial charge in [-0.25, -0.2) is 0 Å². The van der Waals surface area contributed by atoms with Crippen molar-refractivity contribution in [2.75, 3.05) is 26.2 Å². The van der Waals surface area contributed by atoms with Crippen LogP contribution in [0.5, 0.6) is 0 Å². The summed E-state index contributed by atoms with van der Waals surface area (Å²) in [5, 5.41) is 4.98. The standard InChI is InChI=1S/C14H21N3OS/c1-3-17(4-2)8-5-7-15-14(18)12-10-13-11(16-12)6-9-19-13/h6,9-10,16H,3-5,7-8H2,1-2H3,(H,15,18). The molecular weight excluding hydrogens is 258 g/mol. The zero-order valence-corrected chi connectivity index (χ0v) is 12.3. The number of carbonyl (C=O) groups excluding carboxylic acids is 1. The summed E-state index contributed by atoms with van der Waals surface area (Å²) in [7, 11) is 0. The Hall–Kier alpha value is -1.33. The molecular formula is C14H21N3OS. The zero-order chi connectivity index (χ0) is 13.7. The quantitative estimate of drug-likeness (QED) is 0.766. The molecule has 1 amide bonds. The van der Waals surface area contributed by atoms with Crippen molar-refractivity contribution in [3.8, 4) is 0 Å². The molecule has 2 N–H and O–H groups in total. The van der Waals surface area contributed by atoms with Gasteiger partial charge in [-0.1, -0.05) is 13.8 Å². The number of rotatable bonds is 7. The number of aromatic nitrogens is 1. The van der Waals surface area contributed by atoms with Crippen molar-refractivity contribution < 1.29 is 4.79 Å². The van der Waals surface area contributed by atoms with Crippen LogP contribution in [0, 0.1) is 0 Å². The molecule has 104 valence electrons. The summed E-state index contributed by atoms with van der Waals surface area (Å²) in [6.45, 7) is 8.21. The third-order valence-corrected chi connectivity index (χ3v) is 4.18.